The molecule has 2 aromatic rings. The minimum absolute atomic E-state index is 0.111. The minimum atomic E-state index is -0.500. The summed E-state index contributed by atoms with van der Waals surface area (Å²) in [4.78, 5) is 37.7. The highest BCUT2D eigenvalue weighted by Gasteiger charge is 2.28. The van der Waals surface area contributed by atoms with Crippen LogP contribution in [-0.4, -0.2) is 44.6 Å². The average molecular weight is 409 g/mol. The largest absolute Gasteiger partial charge is 0.444 e. The molecule has 3 heterocycles. The quantitative estimate of drug-likeness (QED) is 0.731. The zero-order chi connectivity index (χ0) is 18.2. The lowest BCUT2D eigenvalue weighted by Crippen LogP contribution is -2.41. The van der Waals surface area contributed by atoms with E-state index in [1.165, 1.54) is 0 Å². The summed E-state index contributed by atoms with van der Waals surface area (Å²) >= 11 is 3.26. The molecule has 1 amide bonds. The number of H-pyrrole nitrogens is 1. The van der Waals surface area contributed by atoms with Gasteiger partial charge >= 0.3 is 6.09 Å². The van der Waals surface area contributed by atoms with E-state index in [9.17, 15) is 9.59 Å². The number of likely N-dealkylation sites (tertiary alicyclic amines) is 1. The number of nitrogens with one attached hydrogen (secondary N) is 1. The number of amides is 1. The Morgan fingerprint density at radius 2 is 1.96 bits per heavy atom. The molecule has 0 radical (unpaired) electrons. The number of halogens is 1. The Balaban J connectivity index is 1.73. The van der Waals surface area contributed by atoms with Crippen LogP contribution in [-0.2, 0) is 4.74 Å². The van der Waals surface area contributed by atoms with Crippen molar-refractivity contribution in [3.05, 3.63) is 32.9 Å². The first-order valence-electron chi connectivity index (χ1n) is 8.27. The first-order valence-corrected chi connectivity index (χ1v) is 9.06. The third kappa shape index (κ3) is 4.18. The third-order valence-electron chi connectivity index (χ3n) is 4.07. The number of ether oxygens (including phenoxy) is 1. The van der Waals surface area contributed by atoms with Crippen molar-refractivity contribution in [2.24, 2.45) is 0 Å². The summed E-state index contributed by atoms with van der Waals surface area (Å²) in [5, 5.41) is 0. The molecule has 0 saturated carbocycles. The van der Waals surface area contributed by atoms with Crippen molar-refractivity contribution in [2.45, 2.75) is 45.1 Å². The molecular formula is C17H21BrN4O3. The zero-order valence-electron chi connectivity index (χ0n) is 14.5. The van der Waals surface area contributed by atoms with Crippen LogP contribution in [0.25, 0.3) is 11.0 Å². The van der Waals surface area contributed by atoms with Crippen molar-refractivity contribution in [1.82, 2.24) is 19.9 Å². The van der Waals surface area contributed by atoms with Crippen molar-refractivity contribution in [3.63, 3.8) is 0 Å². The van der Waals surface area contributed by atoms with Gasteiger partial charge in [-0.1, -0.05) is 0 Å². The van der Waals surface area contributed by atoms with Crippen LogP contribution in [0.15, 0.2) is 21.5 Å². The van der Waals surface area contributed by atoms with Gasteiger partial charge in [-0.3, -0.25) is 4.79 Å². The Labute approximate surface area is 153 Å². The van der Waals surface area contributed by atoms with Crippen LogP contribution < -0.4 is 5.56 Å². The second-order valence-corrected chi connectivity index (χ2v) is 8.01. The van der Waals surface area contributed by atoms with Crippen LogP contribution in [0.2, 0.25) is 0 Å². The molecule has 0 atom stereocenters. The van der Waals surface area contributed by atoms with Gasteiger partial charge in [0.15, 0.2) is 5.52 Å². The van der Waals surface area contributed by atoms with Crippen molar-refractivity contribution in [2.75, 3.05) is 13.1 Å². The van der Waals surface area contributed by atoms with Gasteiger partial charge in [-0.05, 0) is 61.7 Å². The van der Waals surface area contributed by atoms with E-state index < -0.39 is 5.60 Å². The van der Waals surface area contributed by atoms with Crippen molar-refractivity contribution in [3.8, 4) is 0 Å². The van der Waals surface area contributed by atoms with Crippen LogP contribution in [0, 0.1) is 0 Å². The van der Waals surface area contributed by atoms with Crippen LogP contribution in [0.5, 0.6) is 0 Å². The summed E-state index contributed by atoms with van der Waals surface area (Å²) in [6.07, 6.45) is 1.18. The Morgan fingerprint density at radius 3 is 2.60 bits per heavy atom. The Morgan fingerprint density at radius 1 is 1.28 bits per heavy atom. The monoisotopic (exact) mass is 408 g/mol. The lowest BCUT2D eigenvalue weighted by Gasteiger charge is -2.33. The fourth-order valence-electron chi connectivity index (χ4n) is 2.87. The predicted octanol–water partition coefficient (Wildman–Crippen LogP) is 3.20. The van der Waals surface area contributed by atoms with Crippen LogP contribution in [0.1, 0.15) is 45.4 Å². The normalized spacial score (nSPS) is 16.2. The third-order valence-corrected chi connectivity index (χ3v) is 4.51. The number of aromatic amines is 1. The van der Waals surface area contributed by atoms with Gasteiger partial charge in [0.1, 0.15) is 16.0 Å². The lowest BCUT2D eigenvalue weighted by molar-refractivity contribution is 0.0203. The summed E-state index contributed by atoms with van der Waals surface area (Å²) in [6, 6.07) is 3.55. The molecule has 7 nitrogen and oxygen atoms in total. The molecule has 1 fully saturated rings. The summed E-state index contributed by atoms with van der Waals surface area (Å²) in [5.74, 6) is 0.768. The van der Waals surface area contributed by atoms with E-state index in [1.807, 2.05) is 20.8 Å². The van der Waals surface area contributed by atoms with Crippen molar-refractivity contribution in [1.29, 1.82) is 0 Å². The Bertz CT molecular complexity index is 851. The van der Waals surface area contributed by atoms with E-state index in [-0.39, 0.29) is 17.6 Å². The highest BCUT2D eigenvalue weighted by Crippen LogP contribution is 2.26. The fourth-order valence-corrected chi connectivity index (χ4v) is 3.18. The molecule has 25 heavy (non-hydrogen) atoms. The van der Waals surface area contributed by atoms with E-state index in [4.69, 9.17) is 4.74 Å². The summed E-state index contributed by atoms with van der Waals surface area (Å²) in [5.41, 5.74) is 0.164. The molecule has 1 N–H and O–H groups in total. The van der Waals surface area contributed by atoms with Crippen molar-refractivity contribution < 1.29 is 9.53 Å². The predicted molar refractivity (Wildman–Crippen MR) is 97.6 cm³/mol. The lowest BCUT2D eigenvalue weighted by atomic mass is 9.96. The van der Waals surface area contributed by atoms with E-state index in [0.717, 1.165) is 12.8 Å². The molecule has 0 aromatic carbocycles. The number of rotatable bonds is 1. The first kappa shape index (κ1) is 17.8. The molecular weight excluding hydrogens is 388 g/mol. The Hall–Kier alpha value is -1.96. The molecule has 0 unspecified atom stereocenters. The van der Waals surface area contributed by atoms with E-state index >= 15 is 0 Å². The molecule has 1 saturated heterocycles. The number of piperidine rings is 1. The summed E-state index contributed by atoms with van der Waals surface area (Å²) in [7, 11) is 0. The minimum Gasteiger partial charge on any atom is -0.444 e. The second kappa shape index (κ2) is 6.74. The highest BCUT2D eigenvalue weighted by atomic mass is 79.9. The molecule has 2 aromatic heterocycles. The van der Waals surface area contributed by atoms with E-state index in [1.54, 1.807) is 17.0 Å². The van der Waals surface area contributed by atoms with Gasteiger partial charge in [-0.15, -0.1) is 0 Å². The number of carbonyl (C=O) groups excluding carboxylic acids is 1. The fraction of sp³-hybridized carbons (Fsp3) is 0.529. The highest BCUT2D eigenvalue weighted by molar-refractivity contribution is 9.10. The number of hydrogen-bond acceptors (Lipinski definition) is 5. The van der Waals surface area contributed by atoms with Gasteiger partial charge in [0.05, 0.1) is 5.52 Å². The second-order valence-electron chi connectivity index (χ2n) is 7.19. The van der Waals surface area contributed by atoms with Crippen LogP contribution in [0.3, 0.4) is 0 Å². The first-order chi connectivity index (χ1) is 11.7. The SMILES string of the molecule is CC(C)(C)OC(=O)N1CCC(c2nc3ccc(Br)nc3c(=O)[nH]2)CC1. The number of pyridine rings is 1. The molecule has 1 aliphatic rings. The van der Waals surface area contributed by atoms with Crippen LogP contribution >= 0.6 is 15.9 Å². The van der Waals surface area contributed by atoms with Crippen LogP contribution in [0.4, 0.5) is 4.79 Å². The summed E-state index contributed by atoms with van der Waals surface area (Å²) < 4.78 is 6.01. The molecule has 134 valence electrons. The van der Waals surface area contributed by atoms with E-state index in [2.05, 4.69) is 30.9 Å². The number of nitrogens with zero attached hydrogens (tertiary/aromatic N) is 3. The van der Waals surface area contributed by atoms with Gasteiger partial charge in [0, 0.05) is 19.0 Å². The number of hydrogen-bond donors (Lipinski definition) is 1. The topological polar surface area (TPSA) is 88.2 Å². The van der Waals surface area contributed by atoms with Gasteiger partial charge < -0.3 is 14.6 Å². The molecule has 8 heteroatoms. The maximum Gasteiger partial charge on any atom is 0.410 e. The average Bonchev–Trinajstić information content (AvgIpc) is 2.54. The summed E-state index contributed by atoms with van der Waals surface area (Å²) in [6.45, 7) is 6.73. The Kier molecular flexibility index (Phi) is 4.81. The standard InChI is InChI=1S/C17H21BrN4O3/c1-17(2,3)25-16(24)22-8-6-10(7-9-22)14-19-11-4-5-12(18)20-13(11)15(23)21-14/h4-5,10H,6-9H2,1-3H3,(H,19,21,23). The molecule has 0 bridgehead atoms. The van der Waals surface area contributed by atoms with Crippen molar-refractivity contribution >= 4 is 33.1 Å². The van der Waals surface area contributed by atoms with E-state index in [0.29, 0.717) is 34.6 Å². The van der Waals surface area contributed by atoms with Gasteiger partial charge in [-0.2, -0.15) is 0 Å². The molecule has 1 aliphatic heterocycles. The number of fused-ring (bicyclic) bond motifs is 1. The molecule has 0 spiro atoms. The van der Waals surface area contributed by atoms with Gasteiger partial charge in [-0.25, -0.2) is 14.8 Å². The maximum absolute atomic E-state index is 12.3. The smallest absolute Gasteiger partial charge is 0.410 e. The van der Waals surface area contributed by atoms with Gasteiger partial charge in [0.2, 0.25) is 0 Å². The molecule has 0 aliphatic carbocycles. The van der Waals surface area contributed by atoms with Gasteiger partial charge in [0.25, 0.3) is 5.56 Å². The number of carbonyl (C=O) groups is 1. The molecule has 3 rings (SSSR count). The maximum atomic E-state index is 12.3. The number of aromatic nitrogens is 3. The zero-order valence-corrected chi connectivity index (χ0v) is 16.1.